The minimum atomic E-state index is -0.685. The first-order chi connectivity index (χ1) is 7.65. The Hall–Kier alpha value is -0.680. The second-order valence-electron chi connectivity index (χ2n) is 3.25. The van der Waals surface area contributed by atoms with Gasteiger partial charge in [-0.1, -0.05) is 6.92 Å². The van der Waals surface area contributed by atoms with Crippen LogP contribution in [0.4, 0.5) is 8.78 Å². The molecule has 16 heavy (non-hydrogen) atoms. The van der Waals surface area contributed by atoms with E-state index in [1.807, 2.05) is 6.92 Å². The van der Waals surface area contributed by atoms with E-state index in [-0.39, 0.29) is 5.75 Å². The number of nitrogens with one attached hydrogen (secondary N) is 1. The molecule has 0 fully saturated rings. The number of halogens is 3. The van der Waals surface area contributed by atoms with E-state index in [1.165, 1.54) is 6.07 Å². The van der Waals surface area contributed by atoms with Crippen LogP contribution in [-0.4, -0.2) is 19.7 Å². The molecule has 0 amide bonds. The summed E-state index contributed by atoms with van der Waals surface area (Å²) in [5.74, 6) is -1.24. The van der Waals surface area contributed by atoms with Crippen LogP contribution in [0.25, 0.3) is 0 Å². The maximum atomic E-state index is 13.3. The van der Waals surface area contributed by atoms with E-state index in [0.717, 1.165) is 25.6 Å². The van der Waals surface area contributed by atoms with E-state index in [9.17, 15) is 8.78 Å². The van der Waals surface area contributed by atoms with Crippen molar-refractivity contribution in [3.05, 3.63) is 28.2 Å². The number of hydrogen-bond acceptors (Lipinski definition) is 2. The predicted octanol–water partition coefficient (Wildman–Crippen LogP) is 3.11. The van der Waals surface area contributed by atoms with E-state index >= 15 is 0 Å². The molecule has 90 valence electrons. The maximum absolute atomic E-state index is 13.3. The highest BCUT2D eigenvalue weighted by molar-refractivity contribution is 9.10. The lowest BCUT2D eigenvalue weighted by Crippen LogP contribution is -2.16. The summed E-state index contributed by atoms with van der Waals surface area (Å²) in [5.41, 5.74) is 0. The van der Waals surface area contributed by atoms with Crippen LogP contribution in [0.3, 0.4) is 0 Å². The molecular weight excluding hydrogens is 280 g/mol. The van der Waals surface area contributed by atoms with Gasteiger partial charge in [0.2, 0.25) is 0 Å². The number of hydrogen-bond donors (Lipinski definition) is 1. The van der Waals surface area contributed by atoms with Crippen LogP contribution < -0.4 is 10.1 Å². The van der Waals surface area contributed by atoms with Crippen LogP contribution in [-0.2, 0) is 0 Å². The van der Waals surface area contributed by atoms with Gasteiger partial charge < -0.3 is 10.1 Å². The Morgan fingerprint density at radius 3 is 2.75 bits per heavy atom. The molecule has 1 aromatic rings. The first-order valence-corrected chi connectivity index (χ1v) is 5.92. The van der Waals surface area contributed by atoms with Gasteiger partial charge in [0.25, 0.3) is 0 Å². The van der Waals surface area contributed by atoms with Crippen molar-refractivity contribution in [2.24, 2.45) is 0 Å². The van der Waals surface area contributed by atoms with E-state index in [4.69, 9.17) is 4.74 Å². The molecule has 2 nitrogen and oxygen atoms in total. The van der Waals surface area contributed by atoms with E-state index in [0.29, 0.717) is 11.1 Å². The van der Waals surface area contributed by atoms with Crippen LogP contribution in [0.2, 0.25) is 0 Å². The first-order valence-electron chi connectivity index (χ1n) is 5.13. The SMILES string of the molecule is CCNCCCOc1c(F)cc(F)cc1Br. The van der Waals surface area contributed by atoms with Crippen molar-refractivity contribution in [2.75, 3.05) is 19.7 Å². The molecule has 0 aliphatic heterocycles. The van der Waals surface area contributed by atoms with Crippen LogP contribution in [0.1, 0.15) is 13.3 Å². The number of rotatable bonds is 6. The summed E-state index contributed by atoms with van der Waals surface area (Å²) in [4.78, 5) is 0. The van der Waals surface area contributed by atoms with E-state index < -0.39 is 11.6 Å². The van der Waals surface area contributed by atoms with E-state index in [1.54, 1.807) is 0 Å². The third-order valence-electron chi connectivity index (χ3n) is 1.96. The monoisotopic (exact) mass is 293 g/mol. The van der Waals surface area contributed by atoms with Crippen molar-refractivity contribution in [2.45, 2.75) is 13.3 Å². The summed E-state index contributed by atoms with van der Waals surface area (Å²) in [7, 11) is 0. The highest BCUT2D eigenvalue weighted by atomic mass is 79.9. The van der Waals surface area contributed by atoms with Crippen molar-refractivity contribution in [1.82, 2.24) is 5.32 Å². The van der Waals surface area contributed by atoms with Crippen molar-refractivity contribution < 1.29 is 13.5 Å². The fourth-order valence-electron chi connectivity index (χ4n) is 1.22. The second-order valence-corrected chi connectivity index (χ2v) is 4.11. The summed E-state index contributed by atoms with van der Waals surface area (Å²) >= 11 is 3.06. The highest BCUT2D eigenvalue weighted by Crippen LogP contribution is 2.29. The Bertz CT molecular complexity index is 324. The second kappa shape index (κ2) is 6.81. The Kier molecular flexibility index (Phi) is 5.69. The molecule has 1 aromatic carbocycles. The van der Waals surface area contributed by atoms with Crippen LogP contribution in [0, 0.1) is 11.6 Å². The minimum absolute atomic E-state index is 0.0675. The Morgan fingerprint density at radius 1 is 1.38 bits per heavy atom. The summed E-state index contributed by atoms with van der Waals surface area (Å²) in [5, 5.41) is 3.13. The largest absolute Gasteiger partial charge is 0.489 e. The summed E-state index contributed by atoms with van der Waals surface area (Å²) in [6.07, 6.45) is 0.775. The fraction of sp³-hybridized carbons (Fsp3) is 0.455. The summed E-state index contributed by atoms with van der Waals surface area (Å²) in [6.45, 7) is 4.12. The van der Waals surface area contributed by atoms with Crippen molar-refractivity contribution in [3.63, 3.8) is 0 Å². The van der Waals surface area contributed by atoms with Gasteiger partial charge >= 0.3 is 0 Å². The minimum Gasteiger partial charge on any atom is -0.489 e. The van der Waals surface area contributed by atoms with Gasteiger partial charge in [-0.05, 0) is 41.5 Å². The maximum Gasteiger partial charge on any atom is 0.169 e. The van der Waals surface area contributed by atoms with Gasteiger partial charge in [-0.2, -0.15) is 0 Å². The average molecular weight is 294 g/mol. The zero-order valence-corrected chi connectivity index (χ0v) is 10.6. The lowest BCUT2D eigenvalue weighted by Gasteiger charge is -2.09. The van der Waals surface area contributed by atoms with Crippen molar-refractivity contribution in [3.8, 4) is 5.75 Å². The zero-order chi connectivity index (χ0) is 12.0. The van der Waals surface area contributed by atoms with Gasteiger partial charge in [-0.3, -0.25) is 0 Å². The third kappa shape index (κ3) is 4.06. The Morgan fingerprint density at radius 2 is 2.12 bits per heavy atom. The quantitative estimate of drug-likeness (QED) is 0.814. The third-order valence-corrected chi connectivity index (χ3v) is 2.55. The molecule has 0 atom stereocenters. The van der Waals surface area contributed by atoms with Gasteiger partial charge in [-0.25, -0.2) is 8.78 Å². The highest BCUT2D eigenvalue weighted by Gasteiger charge is 2.10. The summed E-state index contributed by atoms with van der Waals surface area (Å²) in [6, 6.07) is 1.99. The molecule has 0 aliphatic rings. The lowest BCUT2D eigenvalue weighted by atomic mass is 10.3. The Labute approximate surface area is 102 Å². The standard InChI is InChI=1S/C11H14BrF2NO/c1-2-15-4-3-5-16-11-9(12)6-8(13)7-10(11)14/h6-7,15H,2-5H2,1H3. The normalized spacial score (nSPS) is 10.5. The smallest absolute Gasteiger partial charge is 0.169 e. The van der Waals surface area contributed by atoms with Crippen molar-refractivity contribution in [1.29, 1.82) is 0 Å². The fourth-order valence-corrected chi connectivity index (χ4v) is 1.74. The first kappa shape index (κ1) is 13.4. The molecule has 0 aromatic heterocycles. The van der Waals surface area contributed by atoms with Crippen LogP contribution >= 0.6 is 15.9 Å². The van der Waals surface area contributed by atoms with Crippen LogP contribution in [0.5, 0.6) is 5.75 Å². The molecule has 0 heterocycles. The molecule has 0 aliphatic carbocycles. The number of ether oxygens (including phenoxy) is 1. The van der Waals surface area contributed by atoms with Gasteiger partial charge in [-0.15, -0.1) is 0 Å². The van der Waals surface area contributed by atoms with Gasteiger partial charge in [0.05, 0.1) is 11.1 Å². The van der Waals surface area contributed by atoms with E-state index in [2.05, 4.69) is 21.2 Å². The van der Waals surface area contributed by atoms with Gasteiger partial charge in [0, 0.05) is 6.07 Å². The summed E-state index contributed by atoms with van der Waals surface area (Å²) < 4.78 is 31.6. The molecule has 1 N–H and O–H groups in total. The van der Waals surface area contributed by atoms with Gasteiger partial charge in [0.15, 0.2) is 11.6 Å². The zero-order valence-electron chi connectivity index (χ0n) is 9.03. The topological polar surface area (TPSA) is 21.3 Å². The predicted molar refractivity (Wildman–Crippen MR) is 62.7 cm³/mol. The molecule has 0 saturated carbocycles. The molecule has 5 heteroatoms. The van der Waals surface area contributed by atoms with Gasteiger partial charge in [0.1, 0.15) is 5.82 Å². The average Bonchev–Trinajstić information content (AvgIpc) is 2.20. The molecule has 0 spiro atoms. The molecule has 0 bridgehead atoms. The number of benzene rings is 1. The Balaban J connectivity index is 2.47. The lowest BCUT2D eigenvalue weighted by molar-refractivity contribution is 0.291. The molecule has 0 unspecified atom stereocenters. The molecular formula is C11H14BrF2NO. The molecule has 0 saturated heterocycles. The molecule has 0 radical (unpaired) electrons. The molecule has 1 rings (SSSR count). The van der Waals surface area contributed by atoms with Crippen molar-refractivity contribution >= 4 is 15.9 Å². The van der Waals surface area contributed by atoms with Crippen LogP contribution in [0.15, 0.2) is 16.6 Å².